The highest BCUT2D eigenvalue weighted by Gasteiger charge is 2.15. The van der Waals surface area contributed by atoms with Crippen LogP contribution in [0.1, 0.15) is 0 Å². The second-order valence-electron chi connectivity index (χ2n) is 12.4. The number of nitrogens with zero attached hydrogens (tertiary/aromatic N) is 3. The van der Waals surface area contributed by atoms with Gasteiger partial charge in [-0.3, -0.25) is 0 Å². The number of para-hydroxylation sites is 1. The molecular weight excluding hydrogens is 599 g/mol. The average molecular weight is 626 g/mol. The molecule has 4 heteroatoms. The Hall–Kier alpha value is -6.65. The van der Waals surface area contributed by atoms with E-state index >= 15 is 0 Å². The van der Waals surface area contributed by atoms with Gasteiger partial charge in [0.05, 0.1) is 0 Å². The first-order chi connectivity index (χ1) is 24.2. The zero-order chi connectivity index (χ0) is 32.3. The summed E-state index contributed by atoms with van der Waals surface area (Å²) in [5, 5.41) is 9.50. The van der Waals surface area contributed by atoms with E-state index in [1.54, 1.807) is 0 Å². The van der Waals surface area contributed by atoms with Crippen molar-refractivity contribution in [2.75, 3.05) is 0 Å². The molecule has 0 aliphatic carbocycles. The lowest BCUT2D eigenvalue weighted by Crippen LogP contribution is -2.00. The Bertz CT molecular complexity index is 2870. The largest absolute Gasteiger partial charge is 0.456 e. The standard InChI is InChI=1S/C45H27N3O/c1-2-9-31(10-3-1)43-46-44(48-45(47-43)36-21-16-28-8-4-5-11-33(28)27-36)32-18-14-29(15-19-32)34-22-24-37-35(26-34)20-17-30-23-25-40-42(41(30)37)38-12-6-7-13-39(38)49-40/h1-27H. The summed E-state index contributed by atoms with van der Waals surface area (Å²) in [6, 6.07) is 57.0. The van der Waals surface area contributed by atoms with Crippen molar-refractivity contribution in [3.63, 3.8) is 0 Å². The second kappa shape index (κ2) is 11.0. The zero-order valence-corrected chi connectivity index (χ0v) is 26.3. The molecule has 0 aliphatic rings. The minimum Gasteiger partial charge on any atom is -0.456 e. The predicted molar refractivity (Wildman–Crippen MR) is 201 cm³/mol. The third-order valence-electron chi connectivity index (χ3n) is 9.49. The van der Waals surface area contributed by atoms with Gasteiger partial charge in [-0.25, -0.2) is 15.0 Å². The van der Waals surface area contributed by atoms with Gasteiger partial charge in [-0.15, -0.1) is 0 Å². The maximum Gasteiger partial charge on any atom is 0.164 e. The molecule has 228 valence electrons. The van der Waals surface area contributed by atoms with Crippen molar-refractivity contribution < 1.29 is 4.42 Å². The summed E-state index contributed by atoms with van der Waals surface area (Å²) in [7, 11) is 0. The highest BCUT2D eigenvalue weighted by atomic mass is 16.3. The number of rotatable bonds is 4. The lowest BCUT2D eigenvalue weighted by molar-refractivity contribution is 0.669. The molecule has 0 aliphatic heterocycles. The second-order valence-corrected chi connectivity index (χ2v) is 12.4. The van der Waals surface area contributed by atoms with Crippen LogP contribution in [0.15, 0.2) is 168 Å². The molecule has 4 nitrogen and oxygen atoms in total. The van der Waals surface area contributed by atoms with Crippen LogP contribution in [-0.4, -0.2) is 15.0 Å². The van der Waals surface area contributed by atoms with Crippen LogP contribution >= 0.6 is 0 Å². The minimum absolute atomic E-state index is 0.643. The van der Waals surface area contributed by atoms with Crippen LogP contribution < -0.4 is 0 Å². The van der Waals surface area contributed by atoms with Crippen LogP contribution in [0.2, 0.25) is 0 Å². The van der Waals surface area contributed by atoms with Crippen LogP contribution in [0.4, 0.5) is 0 Å². The van der Waals surface area contributed by atoms with Crippen LogP contribution in [0.5, 0.6) is 0 Å². The maximum absolute atomic E-state index is 6.22. The summed E-state index contributed by atoms with van der Waals surface area (Å²) in [5.74, 6) is 1.95. The third-order valence-corrected chi connectivity index (χ3v) is 9.49. The highest BCUT2D eigenvalue weighted by molar-refractivity contribution is 6.26. The summed E-state index contributed by atoms with van der Waals surface area (Å²) in [6.07, 6.45) is 0. The predicted octanol–water partition coefficient (Wildman–Crippen LogP) is 11.9. The molecule has 0 saturated carbocycles. The molecule has 0 atom stereocenters. The molecule has 0 saturated heterocycles. The first kappa shape index (κ1) is 27.5. The van der Waals surface area contributed by atoms with Gasteiger partial charge in [0.15, 0.2) is 17.5 Å². The minimum atomic E-state index is 0.643. The van der Waals surface area contributed by atoms with E-state index in [2.05, 4.69) is 121 Å². The molecule has 0 amide bonds. The Balaban J connectivity index is 1.06. The van der Waals surface area contributed by atoms with Gasteiger partial charge in [-0.2, -0.15) is 0 Å². The molecule has 2 heterocycles. The summed E-state index contributed by atoms with van der Waals surface area (Å²) in [4.78, 5) is 14.9. The zero-order valence-electron chi connectivity index (χ0n) is 26.3. The van der Waals surface area contributed by atoms with Crippen molar-refractivity contribution in [1.82, 2.24) is 15.0 Å². The quantitative estimate of drug-likeness (QED) is 0.183. The van der Waals surface area contributed by atoms with Crippen molar-refractivity contribution in [3.05, 3.63) is 164 Å². The normalized spacial score (nSPS) is 11.7. The number of benzene rings is 8. The molecule has 8 aromatic carbocycles. The van der Waals surface area contributed by atoms with E-state index in [0.29, 0.717) is 17.5 Å². The number of furan rings is 1. The van der Waals surface area contributed by atoms with E-state index < -0.39 is 0 Å². The first-order valence-corrected chi connectivity index (χ1v) is 16.4. The van der Waals surface area contributed by atoms with Gasteiger partial charge < -0.3 is 4.42 Å². The highest BCUT2D eigenvalue weighted by Crippen LogP contribution is 2.39. The van der Waals surface area contributed by atoms with Gasteiger partial charge in [0.1, 0.15) is 11.2 Å². The Morgan fingerprint density at radius 1 is 0.306 bits per heavy atom. The SMILES string of the molecule is c1ccc(-c2nc(-c3ccc(-c4ccc5c(ccc6ccc7oc8ccccc8c7c65)c4)cc3)nc(-c3ccc4ccccc4c3)n2)cc1. The van der Waals surface area contributed by atoms with Gasteiger partial charge >= 0.3 is 0 Å². The van der Waals surface area contributed by atoms with Gasteiger partial charge in [-0.05, 0) is 62.3 Å². The molecule has 10 rings (SSSR count). The van der Waals surface area contributed by atoms with Crippen molar-refractivity contribution in [3.8, 4) is 45.3 Å². The summed E-state index contributed by atoms with van der Waals surface area (Å²) >= 11 is 0. The van der Waals surface area contributed by atoms with Crippen LogP contribution in [0.25, 0.3) is 99.5 Å². The first-order valence-electron chi connectivity index (χ1n) is 16.4. The number of aromatic nitrogens is 3. The smallest absolute Gasteiger partial charge is 0.164 e. The molecule has 0 N–H and O–H groups in total. The molecule has 49 heavy (non-hydrogen) atoms. The van der Waals surface area contributed by atoms with Crippen molar-refractivity contribution in [2.45, 2.75) is 0 Å². The van der Waals surface area contributed by atoms with Gasteiger partial charge in [-0.1, -0.05) is 140 Å². The van der Waals surface area contributed by atoms with Crippen molar-refractivity contribution in [1.29, 1.82) is 0 Å². The molecule has 0 bridgehead atoms. The molecule has 0 fully saturated rings. The Kier molecular flexibility index (Phi) is 6.15. The fraction of sp³-hybridized carbons (Fsp3) is 0. The fourth-order valence-electron chi connectivity index (χ4n) is 7.04. The van der Waals surface area contributed by atoms with Gasteiger partial charge in [0, 0.05) is 32.8 Å². The van der Waals surface area contributed by atoms with Crippen LogP contribution in [0, 0.1) is 0 Å². The molecule has 2 aromatic heterocycles. The number of hydrogen-bond acceptors (Lipinski definition) is 4. The molecule has 0 unspecified atom stereocenters. The number of fused-ring (bicyclic) bond motifs is 8. The van der Waals surface area contributed by atoms with E-state index in [1.165, 1.54) is 32.3 Å². The fourth-order valence-corrected chi connectivity index (χ4v) is 7.04. The Morgan fingerprint density at radius 3 is 1.71 bits per heavy atom. The van der Waals surface area contributed by atoms with E-state index in [0.717, 1.165) is 49.8 Å². The molecule has 0 spiro atoms. The van der Waals surface area contributed by atoms with Gasteiger partial charge in [0.25, 0.3) is 0 Å². The molecular formula is C45H27N3O. The van der Waals surface area contributed by atoms with Crippen LogP contribution in [0.3, 0.4) is 0 Å². The van der Waals surface area contributed by atoms with Crippen LogP contribution in [-0.2, 0) is 0 Å². The third kappa shape index (κ3) is 4.65. The Morgan fingerprint density at radius 2 is 0.878 bits per heavy atom. The van der Waals surface area contributed by atoms with Gasteiger partial charge in [0.2, 0.25) is 0 Å². The summed E-state index contributed by atoms with van der Waals surface area (Å²) in [6.45, 7) is 0. The summed E-state index contributed by atoms with van der Waals surface area (Å²) < 4.78 is 6.22. The van der Waals surface area contributed by atoms with E-state index in [1.807, 2.05) is 42.5 Å². The lowest BCUT2D eigenvalue weighted by atomic mass is 9.94. The van der Waals surface area contributed by atoms with Crippen molar-refractivity contribution in [2.24, 2.45) is 0 Å². The topological polar surface area (TPSA) is 51.8 Å². The lowest BCUT2D eigenvalue weighted by Gasteiger charge is -2.10. The maximum atomic E-state index is 6.22. The molecule has 0 radical (unpaired) electrons. The average Bonchev–Trinajstić information content (AvgIpc) is 3.56. The summed E-state index contributed by atoms with van der Waals surface area (Å²) in [5.41, 5.74) is 6.96. The monoisotopic (exact) mass is 625 g/mol. The number of hydrogen-bond donors (Lipinski definition) is 0. The van der Waals surface area contributed by atoms with E-state index in [4.69, 9.17) is 19.4 Å². The van der Waals surface area contributed by atoms with Crippen molar-refractivity contribution >= 4 is 54.3 Å². The van der Waals surface area contributed by atoms with E-state index in [-0.39, 0.29) is 0 Å². The molecule has 10 aromatic rings. The van der Waals surface area contributed by atoms with E-state index in [9.17, 15) is 0 Å². The Labute approximate surface area is 282 Å².